The first-order valence-electron chi connectivity index (χ1n) is 9.49. The van der Waals surface area contributed by atoms with Crippen molar-refractivity contribution in [1.29, 1.82) is 5.41 Å². The fraction of sp³-hybridized carbons (Fsp3) is 0.381. The van der Waals surface area contributed by atoms with Gasteiger partial charge in [-0.05, 0) is 67.7 Å². The molecule has 4 nitrogen and oxygen atoms in total. The average molecular weight is 420 g/mol. The van der Waals surface area contributed by atoms with Crippen LogP contribution >= 0.6 is 22.9 Å². The Hall–Kier alpha value is -1.73. The Morgan fingerprint density at radius 1 is 1.18 bits per heavy atom. The Morgan fingerprint density at radius 2 is 1.89 bits per heavy atom. The van der Waals surface area contributed by atoms with E-state index in [2.05, 4.69) is 9.47 Å². The fourth-order valence-corrected chi connectivity index (χ4v) is 5.08. The zero-order valence-corrected chi connectivity index (χ0v) is 17.0. The molecule has 28 heavy (non-hydrogen) atoms. The van der Waals surface area contributed by atoms with E-state index in [9.17, 15) is 9.50 Å². The number of nitrogens with one attached hydrogen (secondary N) is 1. The first kappa shape index (κ1) is 19.6. The lowest BCUT2D eigenvalue weighted by Gasteiger charge is -2.33. The maximum Gasteiger partial charge on any atom is 0.182 e. The van der Waals surface area contributed by atoms with E-state index < -0.39 is 6.10 Å². The number of aliphatic hydroxyl groups is 1. The predicted molar refractivity (Wildman–Crippen MR) is 111 cm³/mol. The Labute approximate surface area is 172 Å². The molecular formula is C21H23ClFN3OS. The molecule has 1 fully saturated rings. The lowest BCUT2D eigenvalue weighted by atomic mass is 9.96. The molecule has 2 N–H and O–H groups in total. The van der Waals surface area contributed by atoms with Crippen molar-refractivity contribution in [3.8, 4) is 0 Å². The van der Waals surface area contributed by atoms with Crippen LogP contribution in [0.5, 0.6) is 0 Å². The third-order valence-corrected chi connectivity index (χ3v) is 6.69. The molecule has 1 unspecified atom stereocenters. The Bertz CT molecular complexity index is 1010. The largest absolute Gasteiger partial charge is 0.387 e. The lowest BCUT2D eigenvalue weighted by molar-refractivity contribution is 0.0867. The second-order valence-corrected chi connectivity index (χ2v) is 8.91. The van der Waals surface area contributed by atoms with Crippen LogP contribution in [0.15, 0.2) is 42.5 Å². The van der Waals surface area contributed by atoms with Crippen molar-refractivity contribution in [3.05, 3.63) is 63.7 Å². The quantitative estimate of drug-likeness (QED) is 0.643. The molecule has 1 aliphatic heterocycles. The van der Waals surface area contributed by atoms with Gasteiger partial charge in [0, 0.05) is 18.1 Å². The second kappa shape index (κ2) is 8.33. The highest BCUT2D eigenvalue weighted by molar-refractivity contribution is 7.16. The molecule has 0 aliphatic carbocycles. The minimum absolute atomic E-state index is 0.286. The molecule has 1 aromatic heterocycles. The van der Waals surface area contributed by atoms with Crippen LogP contribution in [0.2, 0.25) is 5.02 Å². The topological polar surface area (TPSA) is 52.2 Å². The van der Waals surface area contributed by atoms with E-state index in [1.54, 1.807) is 12.1 Å². The van der Waals surface area contributed by atoms with Gasteiger partial charge in [-0.1, -0.05) is 35.1 Å². The third-order valence-electron chi connectivity index (χ3n) is 5.50. The van der Waals surface area contributed by atoms with Crippen molar-refractivity contribution >= 4 is 33.2 Å². The maximum atomic E-state index is 13.0. The zero-order valence-electron chi connectivity index (χ0n) is 15.4. The third kappa shape index (κ3) is 4.30. The number of halogens is 2. The van der Waals surface area contributed by atoms with Crippen molar-refractivity contribution in [1.82, 2.24) is 9.47 Å². The number of aromatic nitrogens is 1. The number of likely N-dealkylation sites (tertiary alicyclic amines) is 1. The van der Waals surface area contributed by atoms with Crippen LogP contribution in [0, 0.1) is 17.1 Å². The van der Waals surface area contributed by atoms with Gasteiger partial charge in [0.1, 0.15) is 5.82 Å². The molecular weight excluding hydrogens is 397 g/mol. The first-order chi connectivity index (χ1) is 13.5. The summed E-state index contributed by atoms with van der Waals surface area (Å²) in [5, 5.41) is 19.4. The summed E-state index contributed by atoms with van der Waals surface area (Å²) in [6.07, 6.45) is 1.47. The van der Waals surface area contributed by atoms with E-state index in [-0.39, 0.29) is 5.82 Å². The van der Waals surface area contributed by atoms with Crippen LogP contribution in [0.25, 0.3) is 10.2 Å². The summed E-state index contributed by atoms with van der Waals surface area (Å²) in [6.45, 7) is 3.25. The van der Waals surface area contributed by atoms with Crippen molar-refractivity contribution < 1.29 is 9.50 Å². The highest BCUT2D eigenvalue weighted by atomic mass is 35.5. The highest BCUT2D eigenvalue weighted by Gasteiger charge is 2.23. The van der Waals surface area contributed by atoms with Gasteiger partial charge >= 0.3 is 0 Å². The maximum absolute atomic E-state index is 13.0. The van der Waals surface area contributed by atoms with Crippen LogP contribution in [-0.2, 0) is 6.54 Å². The van der Waals surface area contributed by atoms with E-state index in [4.69, 9.17) is 17.0 Å². The summed E-state index contributed by atoms with van der Waals surface area (Å²) in [4.78, 5) is 2.83. The van der Waals surface area contributed by atoms with Gasteiger partial charge < -0.3 is 14.6 Å². The molecule has 148 valence electrons. The van der Waals surface area contributed by atoms with Gasteiger partial charge in [0.25, 0.3) is 0 Å². The molecule has 2 aromatic carbocycles. The Kier molecular flexibility index (Phi) is 5.83. The molecule has 1 aliphatic rings. The number of nitrogens with zero attached hydrogens (tertiary/aromatic N) is 2. The summed E-state index contributed by atoms with van der Waals surface area (Å²) in [7, 11) is 0. The number of benzene rings is 2. The van der Waals surface area contributed by atoms with E-state index in [0.717, 1.165) is 48.3 Å². The second-order valence-electron chi connectivity index (χ2n) is 7.44. The molecule has 0 amide bonds. The molecule has 4 rings (SSSR count). The summed E-state index contributed by atoms with van der Waals surface area (Å²) in [6, 6.07) is 11.9. The average Bonchev–Trinajstić information content (AvgIpc) is 2.98. The van der Waals surface area contributed by atoms with Gasteiger partial charge in [0.05, 0.1) is 16.3 Å². The summed E-state index contributed by atoms with van der Waals surface area (Å²) in [5.41, 5.74) is 1.83. The minimum atomic E-state index is -0.600. The summed E-state index contributed by atoms with van der Waals surface area (Å²) < 4.78 is 16.2. The number of thiazole rings is 1. The van der Waals surface area contributed by atoms with Gasteiger partial charge in [-0.2, -0.15) is 0 Å². The number of piperidine rings is 1. The van der Waals surface area contributed by atoms with Crippen molar-refractivity contribution in [2.45, 2.75) is 25.5 Å². The number of hydrogen-bond acceptors (Lipinski definition) is 4. The highest BCUT2D eigenvalue weighted by Crippen LogP contribution is 2.26. The van der Waals surface area contributed by atoms with Crippen LogP contribution in [0.1, 0.15) is 24.5 Å². The van der Waals surface area contributed by atoms with E-state index >= 15 is 0 Å². The Morgan fingerprint density at radius 3 is 2.61 bits per heavy atom. The molecule has 0 saturated carbocycles. The van der Waals surface area contributed by atoms with Crippen LogP contribution in [0.4, 0.5) is 4.39 Å². The van der Waals surface area contributed by atoms with Gasteiger partial charge in [-0.15, -0.1) is 0 Å². The van der Waals surface area contributed by atoms with Crippen molar-refractivity contribution in [2.24, 2.45) is 5.92 Å². The number of aliphatic hydroxyl groups excluding tert-OH is 1. The van der Waals surface area contributed by atoms with E-state index in [0.29, 0.717) is 22.3 Å². The van der Waals surface area contributed by atoms with Crippen LogP contribution in [0.3, 0.4) is 0 Å². The molecule has 1 atom stereocenters. The van der Waals surface area contributed by atoms with Gasteiger partial charge in [-0.3, -0.25) is 5.41 Å². The molecule has 0 spiro atoms. The molecule has 2 heterocycles. The van der Waals surface area contributed by atoms with Crippen LogP contribution < -0.4 is 4.80 Å². The van der Waals surface area contributed by atoms with Crippen molar-refractivity contribution in [3.63, 3.8) is 0 Å². The van der Waals surface area contributed by atoms with Crippen LogP contribution in [-0.4, -0.2) is 34.2 Å². The zero-order chi connectivity index (χ0) is 19.7. The molecule has 0 bridgehead atoms. The normalized spacial score (nSPS) is 17.2. The van der Waals surface area contributed by atoms with Gasteiger partial charge in [0.2, 0.25) is 0 Å². The standard InChI is InChI=1S/C21H23ClFN3OS/c22-16-3-6-18-20(11-16)28-21(24)26(18)12-14-7-9-25(10-8-14)13-19(27)15-1-4-17(23)5-2-15/h1-6,11,14,19,24,27H,7-10,12-13H2. The molecule has 1 saturated heterocycles. The Balaban J connectivity index is 1.35. The van der Waals surface area contributed by atoms with E-state index in [1.165, 1.54) is 23.5 Å². The molecule has 3 aromatic rings. The van der Waals surface area contributed by atoms with Gasteiger partial charge in [0.15, 0.2) is 4.80 Å². The number of rotatable bonds is 5. The number of hydrogen-bond donors (Lipinski definition) is 2. The number of fused-ring (bicyclic) bond motifs is 1. The summed E-state index contributed by atoms with van der Waals surface area (Å²) in [5.74, 6) is 0.230. The lowest BCUT2D eigenvalue weighted by Crippen LogP contribution is -2.38. The monoisotopic (exact) mass is 419 g/mol. The minimum Gasteiger partial charge on any atom is -0.387 e. The van der Waals surface area contributed by atoms with Crippen molar-refractivity contribution in [2.75, 3.05) is 19.6 Å². The first-order valence-corrected chi connectivity index (χ1v) is 10.7. The predicted octanol–water partition coefficient (Wildman–Crippen LogP) is 4.42. The summed E-state index contributed by atoms with van der Waals surface area (Å²) >= 11 is 7.54. The fourth-order valence-electron chi connectivity index (χ4n) is 3.89. The molecule has 0 radical (unpaired) electrons. The van der Waals surface area contributed by atoms with Gasteiger partial charge in [-0.25, -0.2) is 4.39 Å². The smallest absolute Gasteiger partial charge is 0.182 e. The van der Waals surface area contributed by atoms with E-state index in [1.807, 2.05) is 18.2 Å². The number of β-amino-alcohol motifs (C(OH)–C–C–N with tert-alkyl or cyclic N) is 1. The molecule has 7 heteroatoms. The SMILES string of the molecule is N=c1sc2cc(Cl)ccc2n1CC1CCN(CC(O)c2ccc(F)cc2)CC1.